The molecule has 0 saturated carbocycles. The van der Waals surface area contributed by atoms with E-state index in [9.17, 15) is 4.79 Å². The molecule has 0 spiro atoms. The van der Waals surface area contributed by atoms with Crippen LogP contribution in [0.2, 0.25) is 0 Å². The van der Waals surface area contributed by atoms with Crippen molar-refractivity contribution in [1.29, 1.82) is 0 Å². The molecule has 0 bridgehead atoms. The molecule has 2 nitrogen and oxygen atoms in total. The molecule has 15 heavy (non-hydrogen) atoms. The summed E-state index contributed by atoms with van der Waals surface area (Å²) < 4.78 is 1.80. The fourth-order valence-corrected chi connectivity index (χ4v) is 3.03. The summed E-state index contributed by atoms with van der Waals surface area (Å²) in [7, 11) is 0. The number of carbonyl (C=O) groups is 1. The Bertz CT molecular complexity index is 201. The molecule has 0 aromatic heterocycles. The lowest BCUT2D eigenvalue weighted by Crippen LogP contribution is -2.19. The van der Waals surface area contributed by atoms with Crippen LogP contribution >= 0.6 is 23.5 Å². The number of rotatable bonds is 7. The van der Waals surface area contributed by atoms with Crippen LogP contribution in [-0.2, 0) is 4.79 Å². The number of halogens is 1. The molecule has 0 aromatic rings. The normalized spacial score (nSPS) is 21.3. The molecule has 1 aliphatic rings. The fraction of sp³-hybridized carbons (Fsp3) is 0.909. The van der Waals surface area contributed by atoms with Crippen molar-refractivity contribution in [2.45, 2.75) is 56.6 Å². The largest absolute Gasteiger partial charge is 0.285 e. The minimum atomic E-state index is -0.0300. The van der Waals surface area contributed by atoms with Gasteiger partial charge in [-0.3, -0.25) is 9.10 Å². The highest BCUT2D eigenvalue weighted by atomic mass is 35.5. The molecule has 1 amide bonds. The van der Waals surface area contributed by atoms with Gasteiger partial charge in [0.1, 0.15) is 4.71 Å². The summed E-state index contributed by atoms with van der Waals surface area (Å²) in [6.07, 6.45) is 8.10. The SMILES string of the molecule is CCCCCCCCN1SC(Cl)CC1=O. The molecule has 0 aliphatic carbocycles. The third-order valence-electron chi connectivity index (χ3n) is 2.57. The first kappa shape index (κ1) is 13.2. The molecular formula is C11H20ClNOS. The van der Waals surface area contributed by atoms with Gasteiger partial charge in [-0.15, -0.1) is 11.6 Å². The number of hydrogen-bond acceptors (Lipinski definition) is 2. The Morgan fingerprint density at radius 3 is 2.60 bits per heavy atom. The molecule has 1 rings (SSSR count). The minimum Gasteiger partial charge on any atom is -0.285 e. The Kier molecular flexibility index (Phi) is 6.50. The molecule has 0 aromatic carbocycles. The van der Waals surface area contributed by atoms with E-state index in [1.165, 1.54) is 44.1 Å². The number of alkyl halides is 1. The van der Waals surface area contributed by atoms with Gasteiger partial charge in [0, 0.05) is 6.54 Å². The van der Waals surface area contributed by atoms with Crippen LogP contribution in [0.3, 0.4) is 0 Å². The zero-order valence-corrected chi connectivity index (χ0v) is 10.9. The highest BCUT2D eigenvalue weighted by Crippen LogP contribution is 2.32. The van der Waals surface area contributed by atoms with Crippen molar-refractivity contribution in [1.82, 2.24) is 4.31 Å². The summed E-state index contributed by atoms with van der Waals surface area (Å²) in [6, 6.07) is 0. The van der Waals surface area contributed by atoms with Crippen molar-refractivity contribution in [2.75, 3.05) is 6.54 Å². The molecule has 1 atom stereocenters. The van der Waals surface area contributed by atoms with Gasteiger partial charge in [-0.1, -0.05) is 39.0 Å². The quantitative estimate of drug-likeness (QED) is 0.389. The maximum atomic E-state index is 11.4. The van der Waals surface area contributed by atoms with Crippen molar-refractivity contribution < 1.29 is 4.79 Å². The standard InChI is InChI=1S/C11H20ClNOS/c1-2-3-4-5-6-7-8-13-11(14)9-10(12)15-13/h10H,2-9H2,1H3. The van der Waals surface area contributed by atoms with Crippen molar-refractivity contribution in [2.24, 2.45) is 0 Å². The Hall–Kier alpha value is 0.110. The van der Waals surface area contributed by atoms with Crippen molar-refractivity contribution in [3.8, 4) is 0 Å². The summed E-state index contributed by atoms with van der Waals surface area (Å²) in [5.74, 6) is 0.202. The van der Waals surface area contributed by atoms with E-state index in [0.29, 0.717) is 6.42 Å². The first-order valence-corrected chi connectivity index (χ1v) is 7.12. The summed E-state index contributed by atoms with van der Waals surface area (Å²) in [5, 5.41) is 0. The van der Waals surface area contributed by atoms with Crippen LogP contribution in [0.5, 0.6) is 0 Å². The van der Waals surface area contributed by atoms with Gasteiger partial charge >= 0.3 is 0 Å². The lowest BCUT2D eigenvalue weighted by atomic mass is 10.1. The molecule has 1 fully saturated rings. The van der Waals surface area contributed by atoms with Gasteiger partial charge in [0.25, 0.3) is 0 Å². The van der Waals surface area contributed by atoms with Gasteiger partial charge < -0.3 is 0 Å². The number of unbranched alkanes of at least 4 members (excludes halogenated alkanes) is 5. The predicted molar refractivity (Wildman–Crippen MR) is 66.9 cm³/mol. The number of carbonyl (C=O) groups excluding carboxylic acids is 1. The van der Waals surface area contributed by atoms with E-state index in [4.69, 9.17) is 11.6 Å². The van der Waals surface area contributed by atoms with Crippen LogP contribution in [0.4, 0.5) is 0 Å². The van der Waals surface area contributed by atoms with Crippen molar-refractivity contribution >= 4 is 29.5 Å². The average Bonchev–Trinajstić information content (AvgIpc) is 2.51. The third-order valence-corrected chi connectivity index (χ3v) is 4.00. The first-order valence-electron chi connectivity index (χ1n) is 5.85. The van der Waals surface area contributed by atoms with Gasteiger partial charge in [0.15, 0.2) is 0 Å². The number of amides is 1. The maximum absolute atomic E-state index is 11.4. The second-order valence-corrected chi connectivity index (χ2v) is 5.99. The van der Waals surface area contributed by atoms with Gasteiger partial charge in [-0.2, -0.15) is 0 Å². The highest BCUT2D eigenvalue weighted by Gasteiger charge is 2.28. The van der Waals surface area contributed by atoms with Gasteiger partial charge in [-0.05, 0) is 18.4 Å². The maximum Gasteiger partial charge on any atom is 0.234 e. The first-order chi connectivity index (χ1) is 7.24. The molecule has 1 saturated heterocycles. The van der Waals surface area contributed by atoms with Crippen LogP contribution in [0.25, 0.3) is 0 Å². The van der Waals surface area contributed by atoms with Crippen LogP contribution in [0, 0.1) is 0 Å². The molecule has 1 heterocycles. The van der Waals surface area contributed by atoms with Crippen LogP contribution < -0.4 is 0 Å². The molecule has 0 radical (unpaired) electrons. The third kappa shape index (κ3) is 5.12. The lowest BCUT2D eigenvalue weighted by molar-refractivity contribution is -0.124. The van der Waals surface area contributed by atoms with Crippen molar-refractivity contribution in [3.63, 3.8) is 0 Å². The van der Waals surface area contributed by atoms with E-state index < -0.39 is 0 Å². The van der Waals surface area contributed by atoms with E-state index >= 15 is 0 Å². The van der Waals surface area contributed by atoms with Crippen LogP contribution in [-0.4, -0.2) is 21.5 Å². The van der Waals surface area contributed by atoms with E-state index in [-0.39, 0.29) is 10.6 Å². The Morgan fingerprint density at radius 1 is 1.33 bits per heavy atom. The number of hydrogen-bond donors (Lipinski definition) is 0. The Labute approximate surface area is 102 Å². The highest BCUT2D eigenvalue weighted by molar-refractivity contribution is 7.99. The van der Waals surface area contributed by atoms with E-state index in [2.05, 4.69) is 6.92 Å². The Balaban J connectivity index is 1.98. The minimum absolute atomic E-state index is 0.0300. The van der Waals surface area contributed by atoms with E-state index in [1.54, 1.807) is 0 Å². The second-order valence-electron chi connectivity index (χ2n) is 3.98. The lowest BCUT2D eigenvalue weighted by Gasteiger charge is -2.13. The van der Waals surface area contributed by atoms with Gasteiger partial charge in [-0.25, -0.2) is 0 Å². The second kappa shape index (κ2) is 7.39. The summed E-state index contributed by atoms with van der Waals surface area (Å²) in [6.45, 7) is 3.10. The monoisotopic (exact) mass is 249 g/mol. The zero-order chi connectivity index (χ0) is 11.1. The molecule has 0 N–H and O–H groups in total. The van der Waals surface area contributed by atoms with Crippen LogP contribution in [0.1, 0.15) is 51.9 Å². The molecule has 1 aliphatic heterocycles. The van der Waals surface area contributed by atoms with Gasteiger partial charge in [0.2, 0.25) is 5.91 Å². The molecule has 1 unspecified atom stereocenters. The summed E-state index contributed by atoms with van der Waals surface area (Å²) >= 11 is 7.37. The molecule has 4 heteroatoms. The molecular weight excluding hydrogens is 230 g/mol. The molecule has 88 valence electrons. The van der Waals surface area contributed by atoms with E-state index in [1.807, 2.05) is 4.31 Å². The van der Waals surface area contributed by atoms with Crippen LogP contribution in [0.15, 0.2) is 0 Å². The van der Waals surface area contributed by atoms with Crippen molar-refractivity contribution in [3.05, 3.63) is 0 Å². The fourth-order valence-electron chi connectivity index (χ4n) is 1.69. The van der Waals surface area contributed by atoms with Gasteiger partial charge in [0.05, 0.1) is 6.42 Å². The van der Waals surface area contributed by atoms with E-state index in [0.717, 1.165) is 13.0 Å². The summed E-state index contributed by atoms with van der Waals surface area (Å²) in [4.78, 5) is 11.4. The predicted octanol–water partition coefficient (Wildman–Crippen LogP) is 3.79. The number of nitrogens with zero attached hydrogens (tertiary/aromatic N) is 1. The zero-order valence-electron chi connectivity index (χ0n) is 9.38. The average molecular weight is 250 g/mol. The smallest absolute Gasteiger partial charge is 0.234 e. The topological polar surface area (TPSA) is 20.3 Å². The Morgan fingerprint density at radius 2 is 2.00 bits per heavy atom. The summed E-state index contributed by atoms with van der Waals surface area (Å²) in [5.41, 5.74) is 0.